The highest BCUT2D eigenvalue weighted by Crippen LogP contribution is 2.33. The summed E-state index contributed by atoms with van der Waals surface area (Å²) < 4.78 is 0.669. The van der Waals surface area contributed by atoms with Crippen LogP contribution < -0.4 is 10.2 Å². The average molecular weight is 391 g/mol. The Balaban J connectivity index is 1.60. The van der Waals surface area contributed by atoms with Gasteiger partial charge in [-0.05, 0) is 25.0 Å². The van der Waals surface area contributed by atoms with E-state index in [1.807, 2.05) is 43.9 Å². The molecule has 1 aliphatic heterocycles. The van der Waals surface area contributed by atoms with Crippen molar-refractivity contribution in [1.29, 1.82) is 0 Å². The van der Waals surface area contributed by atoms with Crippen LogP contribution in [-0.4, -0.2) is 33.8 Å². The number of anilines is 2. The third-order valence-electron chi connectivity index (χ3n) is 4.10. The molecule has 1 atom stereocenters. The first kappa shape index (κ1) is 18.8. The maximum atomic E-state index is 12.7. The van der Waals surface area contributed by atoms with Crippen molar-refractivity contribution in [3.8, 4) is 0 Å². The summed E-state index contributed by atoms with van der Waals surface area (Å²) in [4.78, 5) is 26.6. The molecule has 2 amide bonds. The Hall–Kier alpha value is -1.93. The maximum Gasteiger partial charge on any atom is 0.237 e. The summed E-state index contributed by atoms with van der Waals surface area (Å²) in [5.41, 5.74) is 1.72. The number of amides is 2. The lowest BCUT2D eigenvalue weighted by Gasteiger charge is -2.22. The molecule has 6 nitrogen and oxygen atoms in total. The van der Waals surface area contributed by atoms with Crippen molar-refractivity contribution in [2.75, 3.05) is 16.0 Å². The standard InChI is InChI=1S/C18H22N4O2S2/c1-11-9-12-7-5-6-8-13(12)22(11)14(23)10-25-17-21-20-16(26-17)19-15(24)18(2,3)4/h5-8,11H,9-10H2,1-4H3,(H,19,20,24)/t11-/m1/s1. The Morgan fingerprint density at radius 2 is 2.04 bits per heavy atom. The minimum atomic E-state index is -0.492. The highest BCUT2D eigenvalue weighted by molar-refractivity contribution is 8.01. The topological polar surface area (TPSA) is 75.2 Å². The molecule has 0 aliphatic carbocycles. The number of nitrogens with zero attached hydrogens (tertiary/aromatic N) is 3. The number of nitrogens with one attached hydrogen (secondary N) is 1. The van der Waals surface area contributed by atoms with E-state index in [4.69, 9.17) is 0 Å². The van der Waals surface area contributed by atoms with Gasteiger partial charge in [0.05, 0.1) is 5.75 Å². The van der Waals surface area contributed by atoms with Gasteiger partial charge in [0.2, 0.25) is 16.9 Å². The third-order valence-corrected chi connectivity index (χ3v) is 6.06. The van der Waals surface area contributed by atoms with E-state index < -0.39 is 5.41 Å². The zero-order valence-electron chi connectivity index (χ0n) is 15.3. The van der Waals surface area contributed by atoms with Crippen molar-refractivity contribution in [3.05, 3.63) is 29.8 Å². The molecular formula is C18H22N4O2S2. The molecule has 0 saturated heterocycles. The van der Waals surface area contributed by atoms with Gasteiger partial charge >= 0.3 is 0 Å². The zero-order chi connectivity index (χ0) is 18.9. The lowest BCUT2D eigenvalue weighted by atomic mass is 9.96. The largest absolute Gasteiger partial charge is 0.308 e. The Bertz CT molecular complexity index is 829. The van der Waals surface area contributed by atoms with E-state index in [0.29, 0.717) is 15.2 Å². The molecule has 0 radical (unpaired) electrons. The molecule has 0 unspecified atom stereocenters. The molecule has 0 bridgehead atoms. The van der Waals surface area contributed by atoms with Gasteiger partial charge in [0.15, 0.2) is 4.34 Å². The van der Waals surface area contributed by atoms with Gasteiger partial charge in [0.1, 0.15) is 0 Å². The van der Waals surface area contributed by atoms with Gasteiger partial charge in [-0.2, -0.15) is 0 Å². The fourth-order valence-electron chi connectivity index (χ4n) is 2.74. The SMILES string of the molecule is C[C@@H]1Cc2ccccc2N1C(=O)CSc1nnc(NC(=O)C(C)(C)C)s1. The first-order valence-electron chi connectivity index (χ1n) is 8.43. The van der Waals surface area contributed by atoms with Gasteiger partial charge in [0.25, 0.3) is 0 Å². The second-order valence-corrected chi connectivity index (χ2v) is 9.51. The molecular weight excluding hydrogens is 368 g/mol. The van der Waals surface area contributed by atoms with Crippen LogP contribution in [0.25, 0.3) is 0 Å². The fourth-order valence-corrected chi connectivity index (χ4v) is 4.35. The van der Waals surface area contributed by atoms with Crippen molar-refractivity contribution in [3.63, 3.8) is 0 Å². The summed E-state index contributed by atoms with van der Waals surface area (Å²) in [6.07, 6.45) is 0.883. The first-order valence-corrected chi connectivity index (χ1v) is 10.2. The number of rotatable bonds is 4. The quantitative estimate of drug-likeness (QED) is 0.638. The molecule has 3 rings (SSSR count). The number of thioether (sulfide) groups is 1. The van der Waals surface area contributed by atoms with Crippen molar-refractivity contribution in [2.24, 2.45) is 5.41 Å². The van der Waals surface area contributed by atoms with Crippen LogP contribution in [0.2, 0.25) is 0 Å². The monoisotopic (exact) mass is 390 g/mol. The molecule has 2 aromatic rings. The van der Waals surface area contributed by atoms with Crippen molar-refractivity contribution in [1.82, 2.24) is 10.2 Å². The first-order chi connectivity index (χ1) is 12.3. The molecule has 1 N–H and O–H groups in total. The van der Waals surface area contributed by atoms with Crippen LogP contribution in [0.1, 0.15) is 33.3 Å². The summed E-state index contributed by atoms with van der Waals surface area (Å²) in [5, 5.41) is 11.3. The van der Waals surface area contributed by atoms with Crippen LogP contribution in [0, 0.1) is 5.41 Å². The highest BCUT2D eigenvalue weighted by Gasteiger charge is 2.30. The molecule has 1 aromatic heterocycles. The molecule has 8 heteroatoms. The van der Waals surface area contributed by atoms with E-state index in [1.165, 1.54) is 28.7 Å². The summed E-state index contributed by atoms with van der Waals surface area (Å²) in [5.74, 6) is 0.243. The Kier molecular flexibility index (Phi) is 5.34. The van der Waals surface area contributed by atoms with E-state index in [2.05, 4.69) is 28.5 Å². The smallest absolute Gasteiger partial charge is 0.237 e. The second kappa shape index (κ2) is 7.36. The lowest BCUT2D eigenvalue weighted by Crippen LogP contribution is -2.36. The molecule has 138 valence electrons. The van der Waals surface area contributed by atoms with Gasteiger partial charge in [-0.1, -0.05) is 62.1 Å². The van der Waals surface area contributed by atoms with E-state index in [9.17, 15) is 9.59 Å². The average Bonchev–Trinajstić information content (AvgIpc) is 3.14. The van der Waals surface area contributed by atoms with Crippen LogP contribution >= 0.6 is 23.1 Å². The van der Waals surface area contributed by atoms with Crippen molar-refractivity contribution in [2.45, 2.75) is 44.5 Å². The number of aromatic nitrogens is 2. The van der Waals surface area contributed by atoms with E-state index in [1.54, 1.807) is 0 Å². The number of para-hydroxylation sites is 1. The predicted molar refractivity (Wildman–Crippen MR) is 106 cm³/mol. The van der Waals surface area contributed by atoms with Crippen LogP contribution in [0.5, 0.6) is 0 Å². The summed E-state index contributed by atoms with van der Waals surface area (Å²) in [6, 6.07) is 8.19. The molecule has 0 spiro atoms. The van der Waals surface area contributed by atoms with E-state index >= 15 is 0 Å². The summed E-state index contributed by atoms with van der Waals surface area (Å²) in [6.45, 7) is 7.58. The fraction of sp³-hybridized carbons (Fsp3) is 0.444. The zero-order valence-corrected chi connectivity index (χ0v) is 16.9. The molecule has 0 fully saturated rings. The number of carbonyl (C=O) groups excluding carboxylic acids is 2. The number of fused-ring (bicyclic) bond motifs is 1. The van der Waals surface area contributed by atoms with Crippen molar-refractivity contribution < 1.29 is 9.59 Å². The number of hydrogen-bond donors (Lipinski definition) is 1. The van der Waals surface area contributed by atoms with Gasteiger partial charge in [-0.25, -0.2) is 0 Å². The van der Waals surface area contributed by atoms with Crippen LogP contribution in [0.3, 0.4) is 0 Å². The van der Waals surface area contributed by atoms with Gasteiger partial charge < -0.3 is 10.2 Å². The van der Waals surface area contributed by atoms with Crippen molar-refractivity contribution >= 4 is 45.7 Å². The molecule has 1 aliphatic rings. The van der Waals surface area contributed by atoms with E-state index in [-0.39, 0.29) is 17.9 Å². The van der Waals surface area contributed by atoms with Crippen LogP contribution in [-0.2, 0) is 16.0 Å². The molecule has 1 aromatic carbocycles. The van der Waals surface area contributed by atoms with Crippen LogP contribution in [0.15, 0.2) is 28.6 Å². The van der Waals surface area contributed by atoms with Gasteiger partial charge in [-0.15, -0.1) is 10.2 Å². The lowest BCUT2D eigenvalue weighted by molar-refractivity contribution is -0.123. The molecule has 2 heterocycles. The second-order valence-electron chi connectivity index (χ2n) is 7.31. The van der Waals surface area contributed by atoms with Gasteiger partial charge in [-0.3, -0.25) is 9.59 Å². The van der Waals surface area contributed by atoms with E-state index in [0.717, 1.165) is 12.1 Å². The van der Waals surface area contributed by atoms with Gasteiger partial charge in [0, 0.05) is 17.1 Å². The third kappa shape index (κ3) is 4.07. The Morgan fingerprint density at radius 3 is 2.77 bits per heavy atom. The normalized spacial score (nSPS) is 16.5. The molecule has 0 saturated carbocycles. The minimum Gasteiger partial charge on any atom is -0.308 e. The highest BCUT2D eigenvalue weighted by atomic mass is 32.2. The minimum absolute atomic E-state index is 0.0583. The molecule has 26 heavy (non-hydrogen) atoms. The number of hydrogen-bond acceptors (Lipinski definition) is 6. The maximum absolute atomic E-state index is 12.7. The summed E-state index contributed by atoms with van der Waals surface area (Å²) >= 11 is 2.64. The predicted octanol–water partition coefficient (Wildman–Crippen LogP) is 3.59. The Labute approximate surface area is 161 Å². The number of benzene rings is 1. The number of carbonyl (C=O) groups is 2. The van der Waals surface area contributed by atoms with Crippen LogP contribution in [0.4, 0.5) is 10.8 Å². The summed E-state index contributed by atoms with van der Waals surface area (Å²) in [7, 11) is 0. The Morgan fingerprint density at radius 1 is 1.31 bits per heavy atom.